The number of nitrogens with two attached hydrogens (primary N) is 1. The van der Waals surface area contributed by atoms with Crippen LogP contribution in [0.25, 0.3) is 0 Å². The maximum Gasteiger partial charge on any atom is 0.326 e. The molecule has 0 aromatic rings. The summed E-state index contributed by atoms with van der Waals surface area (Å²) in [4.78, 5) is 34.1. The van der Waals surface area contributed by atoms with Crippen LogP contribution in [0.4, 0.5) is 0 Å². The Hall–Kier alpha value is -1.63. The van der Waals surface area contributed by atoms with Crippen molar-refractivity contribution >= 4 is 17.8 Å². The van der Waals surface area contributed by atoms with Crippen LogP contribution in [0.1, 0.15) is 34.1 Å². The Kier molecular flexibility index (Phi) is 7.83. The number of carbonyl (C=O) groups excluding carboxylic acids is 2. The minimum atomic E-state index is -1.09. The summed E-state index contributed by atoms with van der Waals surface area (Å²) in [5.74, 6) is -1.95. The average molecular weight is 287 g/mol. The van der Waals surface area contributed by atoms with E-state index in [2.05, 4.69) is 10.6 Å². The number of amides is 2. The smallest absolute Gasteiger partial charge is 0.326 e. The third-order valence-electron chi connectivity index (χ3n) is 2.78. The van der Waals surface area contributed by atoms with Crippen LogP contribution in [0.5, 0.6) is 0 Å². The van der Waals surface area contributed by atoms with Gasteiger partial charge in [0.25, 0.3) is 0 Å². The Morgan fingerprint density at radius 3 is 2.10 bits per heavy atom. The third-order valence-corrected chi connectivity index (χ3v) is 2.78. The first-order valence-electron chi connectivity index (χ1n) is 6.70. The molecule has 0 heterocycles. The molecule has 0 aromatic carbocycles. The van der Waals surface area contributed by atoms with Gasteiger partial charge in [0.05, 0.1) is 12.6 Å². The van der Waals surface area contributed by atoms with Crippen molar-refractivity contribution in [3.05, 3.63) is 0 Å². The quantitative estimate of drug-likeness (QED) is 0.488. The first kappa shape index (κ1) is 18.4. The molecule has 0 aliphatic rings. The second-order valence-corrected chi connectivity index (χ2v) is 5.58. The first-order chi connectivity index (χ1) is 9.15. The first-order valence-corrected chi connectivity index (χ1v) is 6.70. The Morgan fingerprint density at radius 1 is 1.15 bits per heavy atom. The standard InChI is InChI=1S/C13H25N3O4/c1-7(2)5-9(13(19)20)16-10(17)6-15-12(18)11(14)8(3)4/h7-9,11H,5-6,14H2,1-4H3,(H,15,18)(H,16,17)(H,19,20). The zero-order valence-electron chi connectivity index (χ0n) is 12.5. The minimum absolute atomic E-state index is 0.0363. The largest absolute Gasteiger partial charge is 0.480 e. The van der Waals surface area contributed by atoms with Crippen molar-refractivity contribution in [2.45, 2.75) is 46.2 Å². The number of hydrogen-bond acceptors (Lipinski definition) is 4. The molecule has 0 radical (unpaired) electrons. The van der Waals surface area contributed by atoms with Crippen molar-refractivity contribution < 1.29 is 19.5 Å². The molecule has 2 unspecified atom stereocenters. The van der Waals surface area contributed by atoms with Gasteiger partial charge >= 0.3 is 5.97 Å². The Labute approximate surface area is 119 Å². The van der Waals surface area contributed by atoms with Crippen LogP contribution in [0.2, 0.25) is 0 Å². The summed E-state index contributed by atoms with van der Waals surface area (Å²) in [6, 6.07) is -1.63. The van der Waals surface area contributed by atoms with Gasteiger partial charge in [-0.3, -0.25) is 9.59 Å². The van der Waals surface area contributed by atoms with Crippen LogP contribution in [-0.2, 0) is 14.4 Å². The molecule has 0 saturated carbocycles. The fourth-order valence-electron chi connectivity index (χ4n) is 1.53. The highest BCUT2D eigenvalue weighted by atomic mass is 16.4. The lowest BCUT2D eigenvalue weighted by Crippen LogP contribution is -2.49. The van der Waals surface area contributed by atoms with Crippen LogP contribution in [0, 0.1) is 11.8 Å². The highest BCUT2D eigenvalue weighted by Gasteiger charge is 2.22. The summed E-state index contributed by atoms with van der Waals surface area (Å²) in [6.45, 7) is 7.05. The molecule has 0 spiro atoms. The van der Waals surface area contributed by atoms with E-state index < -0.39 is 29.9 Å². The maximum absolute atomic E-state index is 11.6. The number of carboxylic acid groups (broad SMARTS) is 1. The van der Waals surface area contributed by atoms with E-state index in [-0.39, 0.29) is 18.4 Å². The summed E-state index contributed by atoms with van der Waals surface area (Å²) in [7, 11) is 0. The maximum atomic E-state index is 11.6. The molecular weight excluding hydrogens is 262 g/mol. The van der Waals surface area contributed by atoms with Gasteiger partial charge in [0.15, 0.2) is 0 Å². The normalized spacial score (nSPS) is 13.9. The summed E-state index contributed by atoms with van der Waals surface area (Å²) in [6.07, 6.45) is 0.334. The van der Waals surface area contributed by atoms with E-state index in [0.29, 0.717) is 6.42 Å². The highest BCUT2D eigenvalue weighted by molar-refractivity contribution is 5.89. The van der Waals surface area contributed by atoms with Crippen molar-refractivity contribution in [3.8, 4) is 0 Å². The van der Waals surface area contributed by atoms with Crippen molar-refractivity contribution in [1.29, 1.82) is 0 Å². The SMILES string of the molecule is CC(C)CC(NC(=O)CNC(=O)C(N)C(C)C)C(=O)O. The van der Waals surface area contributed by atoms with Crippen LogP contribution in [0.15, 0.2) is 0 Å². The van der Waals surface area contributed by atoms with Gasteiger partial charge in [-0.05, 0) is 18.3 Å². The molecule has 0 aliphatic heterocycles. The second-order valence-electron chi connectivity index (χ2n) is 5.58. The van der Waals surface area contributed by atoms with E-state index in [4.69, 9.17) is 10.8 Å². The molecule has 5 N–H and O–H groups in total. The van der Waals surface area contributed by atoms with E-state index in [0.717, 1.165) is 0 Å². The van der Waals surface area contributed by atoms with Crippen LogP contribution >= 0.6 is 0 Å². The molecule has 2 amide bonds. The van der Waals surface area contributed by atoms with E-state index in [9.17, 15) is 14.4 Å². The molecule has 20 heavy (non-hydrogen) atoms. The van der Waals surface area contributed by atoms with Gasteiger partial charge in [0.2, 0.25) is 11.8 Å². The van der Waals surface area contributed by atoms with Crippen LogP contribution < -0.4 is 16.4 Å². The number of aliphatic carboxylic acids is 1. The van der Waals surface area contributed by atoms with Gasteiger partial charge < -0.3 is 21.5 Å². The molecule has 0 aromatic heterocycles. The average Bonchev–Trinajstić information content (AvgIpc) is 2.33. The van der Waals surface area contributed by atoms with Gasteiger partial charge in [-0.2, -0.15) is 0 Å². The zero-order chi connectivity index (χ0) is 15.9. The van der Waals surface area contributed by atoms with Crippen molar-refractivity contribution in [2.75, 3.05) is 6.54 Å². The van der Waals surface area contributed by atoms with E-state index in [1.54, 1.807) is 13.8 Å². The lowest BCUT2D eigenvalue weighted by molar-refractivity contribution is -0.142. The lowest BCUT2D eigenvalue weighted by atomic mass is 10.0. The van der Waals surface area contributed by atoms with E-state index in [1.165, 1.54) is 0 Å². The Morgan fingerprint density at radius 2 is 1.70 bits per heavy atom. The monoisotopic (exact) mass is 287 g/mol. The van der Waals surface area contributed by atoms with E-state index >= 15 is 0 Å². The lowest BCUT2D eigenvalue weighted by Gasteiger charge is -2.18. The number of hydrogen-bond donors (Lipinski definition) is 4. The van der Waals surface area contributed by atoms with Gasteiger partial charge in [-0.15, -0.1) is 0 Å². The summed E-state index contributed by atoms with van der Waals surface area (Å²) in [5.41, 5.74) is 5.62. The zero-order valence-corrected chi connectivity index (χ0v) is 12.5. The van der Waals surface area contributed by atoms with Crippen molar-refractivity contribution in [3.63, 3.8) is 0 Å². The molecule has 0 saturated heterocycles. The molecule has 0 aliphatic carbocycles. The number of carboxylic acids is 1. The van der Waals surface area contributed by atoms with Crippen LogP contribution in [-0.4, -0.2) is 41.5 Å². The fourth-order valence-corrected chi connectivity index (χ4v) is 1.53. The van der Waals surface area contributed by atoms with Crippen molar-refractivity contribution in [2.24, 2.45) is 17.6 Å². The summed E-state index contributed by atoms with van der Waals surface area (Å²) in [5, 5.41) is 13.8. The third kappa shape index (κ3) is 7.08. The van der Waals surface area contributed by atoms with E-state index in [1.807, 2.05) is 13.8 Å². The number of nitrogens with one attached hydrogen (secondary N) is 2. The molecule has 7 heteroatoms. The molecule has 7 nitrogen and oxygen atoms in total. The molecule has 0 bridgehead atoms. The summed E-state index contributed by atoms with van der Waals surface area (Å²) >= 11 is 0. The molecular formula is C13H25N3O4. The summed E-state index contributed by atoms with van der Waals surface area (Å²) < 4.78 is 0. The molecule has 0 fully saturated rings. The second kappa shape index (κ2) is 8.52. The minimum Gasteiger partial charge on any atom is -0.480 e. The Balaban J connectivity index is 4.27. The van der Waals surface area contributed by atoms with Crippen molar-refractivity contribution in [1.82, 2.24) is 10.6 Å². The molecule has 2 atom stereocenters. The Bertz CT molecular complexity index is 356. The van der Waals surface area contributed by atoms with Gasteiger partial charge in [-0.25, -0.2) is 4.79 Å². The highest BCUT2D eigenvalue weighted by Crippen LogP contribution is 2.04. The number of rotatable bonds is 8. The predicted octanol–water partition coefficient (Wildman–Crippen LogP) is -0.299. The van der Waals surface area contributed by atoms with Gasteiger partial charge in [-0.1, -0.05) is 27.7 Å². The molecule has 116 valence electrons. The topological polar surface area (TPSA) is 122 Å². The molecule has 0 rings (SSSR count). The van der Waals surface area contributed by atoms with Gasteiger partial charge in [0, 0.05) is 0 Å². The number of carbonyl (C=O) groups is 3. The van der Waals surface area contributed by atoms with Gasteiger partial charge in [0.1, 0.15) is 6.04 Å². The predicted molar refractivity (Wildman–Crippen MR) is 74.8 cm³/mol. The fraction of sp³-hybridized carbons (Fsp3) is 0.769. The van der Waals surface area contributed by atoms with Crippen LogP contribution in [0.3, 0.4) is 0 Å².